The molecule has 1 aromatic heterocycles. The average molecular weight is 415 g/mol. The van der Waals surface area contributed by atoms with E-state index in [1.54, 1.807) is 13.8 Å². The van der Waals surface area contributed by atoms with E-state index in [4.69, 9.17) is 20.8 Å². The first kappa shape index (κ1) is 20.9. The van der Waals surface area contributed by atoms with Gasteiger partial charge < -0.3 is 14.5 Å². The van der Waals surface area contributed by atoms with E-state index in [-0.39, 0.29) is 21.2 Å². The van der Waals surface area contributed by atoms with Crippen molar-refractivity contribution in [1.29, 1.82) is 0 Å². The van der Waals surface area contributed by atoms with Crippen molar-refractivity contribution in [3.05, 3.63) is 46.4 Å². The minimum absolute atomic E-state index is 0.0268. The Balaban J connectivity index is 2.06. The number of benzene rings is 1. The SMILES string of the molecule is Cc1cc(C(=O)OCC(=O)Nc2ccc(Cl)c(S(=O)(=O)N(C)C)c2)c(C)o1. The first-order valence-corrected chi connectivity index (χ1v) is 9.60. The third-order valence-electron chi connectivity index (χ3n) is 3.57. The largest absolute Gasteiger partial charge is 0.466 e. The summed E-state index contributed by atoms with van der Waals surface area (Å²) in [4.78, 5) is 23.8. The highest BCUT2D eigenvalue weighted by Gasteiger charge is 2.22. The van der Waals surface area contributed by atoms with Crippen LogP contribution in [0.1, 0.15) is 21.9 Å². The van der Waals surface area contributed by atoms with Gasteiger partial charge in [0.05, 0.1) is 5.02 Å². The van der Waals surface area contributed by atoms with Crippen LogP contribution in [0.25, 0.3) is 0 Å². The van der Waals surface area contributed by atoms with Crippen molar-refractivity contribution >= 4 is 39.2 Å². The summed E-state index contributed by atoms with van der Waals surface area (Å²) in [5, 5.41) is 2.49. The van der Waals surface area contributed by atoms with Gasteiger partial charge in [-0.3, -0.25) is 4.79 Å². The van der Waals surface area contributed by atoms with Crippen molar-refractivity contribution in [2.24, 2.45) is 0 Å². The fraction of sp³-hybridized carbons (Fsp3) is 0.294. The lowest BCUT2D eigenvalue weighted by Gasteiger charge is -2.14. The molecule has 1 heterocycles. The summed E-state index contributed by atoms with van der Waals surface area (Å²) in [6.45, 7) is 2.77. The average Bonchev–Trinajstić information content (AvgIpc) is 2.92. The highest BCUT2D eigenvalue weighted by Crippen LogP contribution is 2.26. The Bertz CT molecular complexity index is 981. The minimum Gasteiger partial charge on any atom is -0.466 e. The van der Waals surface area contributed by atoms with Gasteiger partial charge in [0.25, 0.3) is 5.91 Å². The molecule has 2 rings (SSSR count). The standard InChI is InChI=1S/C17H19ClN2O6S/c1-10-7-13(11(2)26-10)17(22)25-9-16(21)19-12-5-6-14(18)15(8-12)27(23,24)20(3)4/h5-8H,9H2,1-4H3,(H,19,21). The maximum atomic E-state index is 12.2. The predicted molar refractivity (Wildman–Crippen MR) is 99.4 cm³/mol. The lowest BCUT2D eigenvalue weighted by atomic mass is 10.2. The summed E-state index contributed by atoms with van der Waals surface area (Å²) in [6, 6.07) is 5.56. The number of hydrogen-bond acceptors (Lipinski definition) is 6. The number of ether oxygens (including phenoxy) is 1. The van der Waals surface area contributed by atoms with Crippen molar-refractivity contribution in [2.45, 2.75) is 18.7 Å². The first-order chi connectivity index (χ1) is 12.5. The van der Waals surface area contributed by atoms with Crippen LogP contribution in [0.2, 0.25) is 5.02 Å². The number of carbonyl (C=O) groups is 2. The fourth-order valence-corrected chi connectivity index (χ4v) is 3.61. The first-order valence-electron chi connectivity index (χ1n) is 7.78. The Morgan fingerprint density at radius 1 is 1.22 bits per heavy atom. The predicted octanol–water partition coefficient (Wildman–Crippen LogP) is 2.60. The third kappa shape index (κ3) is 4.88. The zero-order chi connectivity index (χ0) is 20.4. The number of nitrogens with zero attached hydrogens (tertiary/aromatic N) is 1. The van der Waals surface area contributed by atoms with Gasteiger partial charge in [-0.2, -0.15) is 0 Å². The maximum Gasteiger partial charge on any atom is 0.342 e. The molecule has 0 saturated heterocycles. The maximum absolute atomic E-state index is 12.2. The number of hydrogen-bond donors (Lipinski definition) is 1. The number of anilines is 1. The van der Waals surface area contributed by atoms with E-state index in [2.05, 4.69) is 5.32 Å². The van der Waals surface area contributed by atoms with E-state index in [0.29, 0.717) is 11.5 Å². The number of nitrogens with one attached hydrogen (secondary N) is 1. The summed E-state index contributed by atoms with van der Waals surface area (Å²) in [5.41, 5.74) is 0.447. The molecule has 1 amide bonds. The molecule has 1 aromatic carbocycles. The van der Waals surface area contributed by atoms with Crippen molar-refractivity contribution < 1.29 is 27.2 Å². The van der Waals surface area contributed by atoms with E-state index < -0.39 is 28.5 Å². The molecule has 27 heavy (non-hydrogen) atoms. The summed E-state index contributed by atoms with van der Waals surface area (Å²) < 4.78 is 35.7. The lowest BCUT2D eigenvalue weighted by Crippen LogP contribution is -2.23. The molecule has 146 valence electrons. The highest BCUT2D eigenvalue weighted by molar-refractivity contribution is 7.89. The van der Waals surface area contributed by atoms with Gasteiger partial charge in [-0.05, 0) is 38.1 Å². The minimum atomic E-state index is -3.78. The summed E-state index contributed by atoms with van der Waals surface area (Å²) in [6.07, 6.45) is 0. The van der Waals surface area contributed by atoms with Gasteiger partial charge in [-0.1, -0.05) is 11.6 Å². The Labute approximate surface area is 162 Å². The Morgan fingerprint density at radius 3 is 2.44 bits per heavy atom. The molecule has 0 bridgehead atoms. The van der Waals surface area contributed by atoms with Crippen LogP contribution in [0.5, 0.6) is 0 Å². The van der Waals surface area contributed by atoms with Gasteiger partial charge in [-0.25, -0.2) is 17.5 Å². The van der Waals surface area contributed by atoms with E-state index in [1.165, 1.54) is 38.4 Å². The molecular formula is C17H19ClN2O6S. The van der Waals surface area contributed by atoms with Gasteiger partial charge in [0.2, 0.25) is 10.0 Å². The number of halogens is 1. The summed E-state index contributed by atoms with van der Waals surface area (Å²) >= 11 is 5.95. The molecule has 0 spiro atoms. The topological polar surface area (TPSA) is 106 Å². The van der Waals surface area contributed by atoms with E-state index in [9.17, 15) is 18.0 Å². The normalized spacial score (nSPS) is 11.5. The van der Waals surface area contributed by atoms with Crippen LogP contribution in [-0.2, 0) is 19.6 Å². The number of aryl methyl sites for hydroxylation is 2. The van der Waals surface area contributed by atoms with Gasteiger partial charge in [-0.15, -0.1) is 0 Å². The molecule has 10 heteroatoms. The van der Waals surface area contributed by atoms with Crippen LogP contribution in [0.15, 0.2) is 33.6 Å². The number of sulfonamides is 1. The van der Waals surface area contributed by atoms with Crippen molar-refractivity contribution in [3.8, 4) is 0 Å². The molecule has 0 atom stereocenters. The van der Waals surface area contributed by atoms with Gasteiger partial charge >= 0.3 is 5.97 Å². The molecule has 2 aromatic rings. The van der Waals surface area contributed by atoms with E-state index >= 15 is 0 Å². The molecule has 0 aliphatic rings. The zero-order valence-corrected chi connectivity index (χ0v) is 16.8. The quantitative estimate of drug-likeness (QED) is 0.728. The fourth-order valence-electron chi connectivity index (χ4n) is 2.21. The molecule has 0 unspecified atom stereocenters. The monoisotopic (exact) mass is 414 g/mol. The number of esters is 1. The van der Waals surface area contributed by atoms with Crippen molar-refractivity contribution in [2.75, 3.05) is 26.0 Å². The van der Waals surface area contributed by atoms with Crippen LogP contribution in [0.4, 0.5) is 5.69 Å². The van der Waals surface area contributed by atoms with Crippen LogP contribution in [-0.4, -0.2) is 45.3 Å². The number of amides is 1. The molecule has 0 aliphatic carbocycles. The summed E-state index contributed by atoms with van der Waals surface area (Å²) in [5.74, 6) is -0.364. The van der Waals surface area contributed by atoms with Crippen LogP contribution >= 0.6 is 11.6 Å². The van der Waals surface area contributed by atoms with Crippen LogP contribution < -0.4 is 5.32 Å². The number of rotatable bonds is 6. The number of carbonyl (C=O) groups excluding carboxylic acids is 2. The Kier molecular flexibility index (Phi) is 6.30. The molecule has 0 fully saturated rings. The second kappa shape index (κ2) is 8.12. The molecule has 0 aliphatic heterocycles. The zero-order valence-electron chi connectivity index (χ0n) is 15.2. The van der Waals surface area contributed by atoms with Crippen molar-refractivity contribution in [3.63, 3.8) is 0 Å². The van der Waals surface area contributed by atoms with Gasteiger partial charge in [0.1, 0.15) is 22.0 Å². The molecule has 0 radical (unpaired) electrons. The Morgan fingerprint density at radius 2 is 1.89 bits per heavy atom. The molecule has 1 N–H and O–H groups in total. The molecule has 0 saturated carbocycles. The summed E-state index contributed by atoms with van der Waals surface area (Å²) in [7, 11) is -1.03. The molecule has 8 nitrogen and oxygen atoms in total. The van der Waals surface area contributed by atoms with E-state index in [0.717, 1.165) is 4.31 Å². The van der Waals surface area contributed by atoms with Gasteiger partial charge in [0, 0.05) is 19.8 Å². The third-order valence-corrected chi connectivity index (χ3v) is 5.87. The van der Waals surface area contributed by atoms with Crippen LogP contribution in [0, 0.1) is 13.8 Å². The second-order valence-electron chi connectivity index (χ2n) is 5.88. The number of furan rings is 1. The highest BCUT2D eigenvalue weighted by atomic mass is 35.5. The van der Waals surface area contributed by atoms with E-state index in [1.807, 2.05) is 0 Å². The Hall–Kier alpha value is -2.36. The van der Waals surface area contributed by atoms with Crippen LogP contribution in [0.3, 0.4) is 0 Å². The molecular weight excluding hydrogens is 396 g/mol. The van der Waals surface area contributed by atoms with Gasteiger partial charge in [0.15, 0.2) is 6.61 Å². The lowest BCUT2D eigenvalue weighted by molar-refractivity contribution is -0.119. The van der Waals surface area contributed by atoms with Crippen molar-refractivity contribution in [1.82, 2.24) is 4.31 Å². The smallest absolute Gasteiger partial charge is 0.342 e. The second-order valence-corrected chi connectivity index (χ2v) is 8.41.